The molecule has 3 nitrogen and oxygen atoms in total. The fourth-order valence-corrected chi connectivity index (χ4v) is 1.89. The molecule has 3 heteroatoms. The number of aromatic nitrogens is 2. The standard InChI is InChI=1S/C10H17N3.C2H6/c1-9-7-11-13(8-9)10-3-5-12(2)6-4-10;1-2/h7-8,10H,3-6H2,1-2H3;1-2H3. The Bertz CT molecular complexity index is 272. The van der Waals surface area contributed by atoms with E-state index < -0.39 is 0 Å². The van der Waals surface area contributed by atoms with Gasteiger partial charge in [0, 0.05) is 6.20 Å². The molecule has 1 aromatic rings. The Morgan fingerprint density at radius 3 is 2.33 bits per heavy atom. The van der Waals surface area contributed by atoms with Crippen molar-refractivity contribution in [1.82, 2.24) is 14.7 Å². The molecule has 1 fully saturated rings. The number of nitrogens with zero attached hydrogens (tertiary/aromatic N) is 3. The van der Waals surface area contributed by atoms with Gasteiger partial charge in [-0.2, -0.15) is 5.10 Å². The summed E-state index contributed by atoms with van der Waals surface area (Å²) in [6.07, 6.45) is 6.56. The molecular formula is C12H23N3. The minimum atomic E-state index is 0.630. The first-order valence-corrected chi connectivity index (χ1v) is 5.95. The van der Waals surface area contributed by atoms with Crippen LogP contribution in [0.25, 0.3) is 0 Å². The van der Waals surface area contributed by atoms with Crippen molar-refractivity contribution in [3.05, 3.63) is 18.0 Å². The molecule has 1 aromatic heterocycles. The van der Waals surface area contributed by atoms with Gasteiger partial charge in [0.05, 0.1) is 12.2 Å². The van der Waals surface area contributed by atoms with Crippen molar-refractivity contribution in [2.75, 3.05) is 20.1 Å². The van der Waals surface area contributed by atoms with E-state index >= 15 is 0 Å². The number of aryl methyl sites for hydroxylation is 1. The van der Waals surface area contributed by atoms with Gasteiger partial charge >= 0.3 is 0 Å². The van der Waals surface area contributed by atoms with Crippen LogP contribution in [0, 0.1) is 6.92 Å². The van der Waals surface area contributed by atoms with Crippen LogP contribution in [0.3, 0.4) is 0 Å². The molecule has 0 bridgehead atoms. The van der Waals surface area contributed by atoms with E-state index in [1.165, 1.54) is 31.5 Å². The zero-order valence-electron chi connectivity index (χ0n) is 10.4. The topological polar surface area (TPSA) is 21.1 Å². The Kier molecular flexibility index (Phi) is 4.82. The van der Waals surface area contributed by atoms with Crippen LogP contribution in [0.2, 0.25) is 0 Å². The molecule has 0 unspecified atom stereocenters. The summed E-state index contributed by atoms with van der Waals surface area (Å²) in [6, 6.07) is 0.630. The molecule has 2 rings (SSSR count). The summed E-state index contributed by atoms with van der Waals surface area (Å²) in [5.74, 6) is 0. The SMILES string of the molecule is CC.Cc1cnn(C2CCN(C)CC2)c1. The fourth-order valence-electron chi connectivity index (χ4n) is 1.89. The van der Waals surface area contributed by atoms with E-state index in [9.17, 15) is 0 Å². The largest absolute Gasteiger partial charge is 0.306 e. The van der Waals surface area contributed by atoms with Gasteiger partial charge < -0.3 is 4.90 Å². The van der Waals surface area contributed by atoms with E-state index in [0.717, 1.165) is 0 Å². The number of hydrogen-bond acceptors (Lipinski definition) is 2. The molecule has 1 saturated heterocycles. The zero-order valence-corrected chi connectivity index (χ0v) is 10.4. The molecule has 0 N–H and O–H groups in total. The van der Waals surface area contributed by atoms with Crippen molar-refractivity contribution < 1.29 is 0 Å². The predicted octanol–water partition coefficient (Wildman–Crippen LogP) is 2.48. The highest BCUT2D eigenvalue weighted by Crippen LogP contribution is 2.20. The van der Waals surface area contributed by atoms with Crippen LogP contribution in [-0.4, -0.2) is 34.8 Å². The van der Waals surface area contributed by atoms with Crippen LogP contribution in [0.1, 0.15) is 38.3 Å². The molecule has 0 amide bonds. The Hall–Kier alpha value is -0.830. The summed E-state index contributed by atoms with van der Waals surface area (Å²) in [5.41, 5.74) is 1.26. The number of piperidine rings is 1. The minimum absolute atomic E-state index is 0.630. The summed E-state index contributed by atoms with van der Waals surface area (Å²) in [7, 11) is 2.19. The maximum absolute atomic E-state index is 4.36. The first-order chi connectivity index (χ1) is 7.25. The Balaban J connectivity index is 0.000000531. The zero-order chi connectivity index (χ0) is 11.3. The lowest BCUT2D eigenvalue weighted by atomic mass is 10.1. The van der Waals surface area contributed by atoms with Crippen LogP contribution in [-0.2, 0) is 0 Å². The van der Waals surface area contributed by atoms with Gasteiger partial charge in [0.15, 0.2) is 0 Å². The van der Waals surface area contributed by atoms with Gasteiger partial charge in [0.1, 0.15) is 0 Å². The van der Waals surface area contributed by atoms with Crippen LogP contribution in [0.4, 0.5) is 0 Å². The van der Waals surface area contributed by atoms with E-state index in [0.29, 0.717) is 6.04 Å². The smallest absolute Gasteiger partial charge is 0.0543 e. The highest BCUT2D eigenvalue weighted by molar-refractivity contribution is 5.00. The lowest BCUT2D eigenvalue weighted by molar-refractivity contribution is 0.212. The molecule has 0 aliphatic carbocycles. The second-order valence-corrected chi connectivity index (χ2v) is 4.03. The van der Waals surface area contributed by atoms with E-state index in [4.69, 9.17) is 0 Å². The summed E-state index contributed by atoms with van der Waals surface area (Å²) >= 11 is 0. The molecular weight excluding hydrogens is 186 g/mol. The Morgan fingerprint density at radius 2 is 1.87 bits per heavy atom. The second-order valence-electron chi connectivity index (χ2n) is 4.03. The maximum atomic E-state index is 4.36. The van der Waals surface area contributed by atoms with Crippen molar-refractivity contribution in [2.45, 2.75) is 39.7 Å². The fraction of sp³-hybridized carbons (Fsp3) is 0.750. The molecule has 0 radical (unpaired) electrons. The lowest BCUT2D eigenvalue weighted by Crippen LogP contribution is -2.31. The number of hydrogen-bond donors (Lipinski definition) is 0. The van der Waals surface area contributed by atoms with Crippen LogP contribution < -0.4 is 0 Å². The van der Waals surface area contributed by atoms with Gasteiger partial charge in [-0.1, -0.05) is 13.8 Å². The number of rotatable bonds is 1. The number of likely N-dealkylation sites (tertiary alicyclic amines) is 1. The Labute approximate surface area is 93.1 Å². The van der Waals surface area contributed by atoms with Crippen molar-refractivity contribution in [1.29, 1.82) is 0 Å². The van der Waals surface area contributed by atoms with E-state index in [-0.39, 0.29) is 0 Å². The van der Waals surface area contributed by atoms with Gasteiger partial charge in [0.25, 0.3) is 0 Å². The molecule has 2 heterocycles. The third-order valence-corrected chi connectivity index (χ3v) is 2.79. The van der Waals surface area contributed by atoms with Gasteiger partial charge in [-0.25, -0.2) is 0 Å². The first kappa shape index (κ1) is 12.2. The van der Waals surface area contributed by atoms with Crippen LogP contribution >= 0.6 is 0 Å². The quantitative estimate of drug-likeness (QED) is 0.708. The third kappa shape index (κ3) is 3.34. The molecule has 0 spiro atoms. The van der Waals surface area contributed by atoms with E-state index in [1.54, 1.807) is 0 Å². The van der Waals surface area contributed by atoms with Crippen molar-refractivity contribution >= 4 is 0 Å². The average Bonchev–Trinajstić information content (AvgIpc) is 2.69. The first-order valence-electron chi connectivity index (χ1n) is 5.95. The Morgan fingerprint density at radius 1 is 1.27 bits per heavy atom. The van der Waals surface area contributed by atoms with Gasteiger partial charge in [-0.3, -0.25) is 4.68 Å². The molecule has 1 aliphatic heterocycles. The summed E-state index contributed by atoms with van der Waals surface area (Å²) in [6.45, 7) is 8.49. The highest BCUT2D eigenvalue weighted by atomic mass is 15.3. The van der Waals surface area contributed by atoms with Crippen molar-refractivity contribution in [2.24, 2.45) is 0 Å². The van der Waals surface area contributed by atoms with Crippen LogP contribution in [0.5, 0.6) is 0 Å². The molecule has 15 heavy (non-hydrogen) atoms. The predicted molar refractivity (Wildman–Crippen MR) is 64.1 cm³/mol. The lowest BCUT2D eigenvalue weighted by Gasteiger charge is -2.28. The molecule has 0 atom stereocenters. The second kappa shape index (κ2) is 5.91. The van der Waals surface area contributed by atoms with Gasteiger partial charge in [-0.15, -0.1) is 0 Å². The summed E-state index contributed by atoms with van der Waals surface area (Å²) < 4.78 is 2.13. The van der Waals surface area contributed by atoms with E-state index in [2.05, 4.69) is 34.8 Å². The summed E-state index contributed by atoms with van der Waals surface area (Å²) in [5, 5.41) is 4.36. The molecule has 0 aromatic carbocycles. The van der Waals surface area contributed by atoms with Crippen molar-refractivity contribution in [3.8, 4) is 0 Å². The minimum Gasteiger partial charge on any atom is -0.306 e. The molecule has 0 saturated carbocycles. The summed E-state index contributed by atoms with van der Waals surface area (Å²) in [4.78, 5) is 2.38. The maximum Gasteiger partial charge on any atom is 0.0543 e. The van der Waals surface area contributed by atoms with Crippen LogP contribution in [0.15, 0.2) is 12.4 Å². The third-order valence-electron chi connectivity index (χ3n) is 2.79. The van der Waals surface area contributed by atoms with Gasteiger partial charge in [-0.05, 0) is 45.5 Å². The highest BCUT2D eigenvalue weighted by Gasteiger charge is 2.18. The molecule has 1 aliphatic rings. The van der Waals surface area contributed by atoms with Crippen molar-refractivity contribution in [3.63, 3.8) is 0 Å². The molecule has 86 valence electrons. The van der Waals surface area contributed by atoms with E-state index in [1.807, 2.05) is 20.0 Å². The van der Waals surface area contributed by atoms with Gasteiger partial charge in [0.2, 0.25) is 0 Å². The monoisotopic (exact) mass is 209 g/mol. The average molecular weight is 209 g/mol. The normalized spacial score (nSPS) is 18.4.